The number of alkyl halides is 3. The highest BCUT2D eigenvalue weighted by Gasteiger charge is 2.33. The van der Waals surface area contributed by atoms with Gasteiger partial charge in [0.15, 0.2) is 0 Å². The zero-order valence-corrected chi connectivity index (χ0v) is 12.1. The summed E-state index contributed by atoms with van der Waals surface area (Å²) < 4.78 is 43.7. The van der Waals surface area contributed by atoms with Crippen molar-refractivity contribution in [1.29, 1.82) is 0 Å². The summed E-state index contributed by atoms with van der Waals surface area (Å²) in [6.07, 6.45) is -4.43. The number of hydrogen-bond donors (Lipinski definition) is 0. The maximum atomic E-state index is 12.8. The summed E-state index contributed by atoms with van der Waals surface area (Å²) in [6, 6.07) is 13.1. The molecule has 2 rings (SSSR count). The Bertz CT molecular complexity index is 661. The van der Waals surface area contributed by atoms with Gasteiger partial charge in [0.2, 0.25) is 0 Å². The van der Waals surface area contributed by atoms with Gasteiger partial charge in [0, 0.05) is 0 Å². The van der Waals surface area contributed by atoms with Crippen LogP contribution in [0.4, 0.5) is 13.2 Å². The van der Waals surface area contributed by atoms with Crippen LogP contribution in [0.25, 0.3) is 0 Å². The lowest BCUT2D eigenvalue weighted by Crippen LogP contribution is -2.26. The lowest BCUT2D eigenvalue weighted by Gasteiger charge is -2.26. The Morgan fingerprint density at radius 3 is 2.09 bits per heavy atom. The van der Waals surface area contributed by atoms with E-state index in [4.69, 9.17) is 4.74 Å². The van der Waals surface area contributed by atoms with Gasteiger partial charge in [-0.25, -0.2) is 4.79 Å². The van der Waals surface area contributed by atoms with Gasteiger partial charge in [-0.3, -0.25) is 0 Å². The number of carbonyl (C=O) groups is 1. The molecule has 0 saturated heterocycles. The first-order chi connectivity index (χ1) is 10.2. The Balaban J connectivity index is 2.25. The maximum absolute atomic E-state index is 12.8. The number of esters is 1. The molecule has 2 aromatic carbocycles. The highest BCUT2D eigenvalue weighted by atomic mass is 19.4. The Morgan fingerprint density at radius 2 is 1.50 bits per heavy atom. The molecule has 2 aromatic rings. The van der Waals surface area contributed by atoms with E-state index in [0.29, 0.717) is 5.56 Å². The average Bonchev–Trinajstić information content (AvgIpc) is 2.47. The lowest BCUT2D eigenvalue weighted by molar-refractivity contribution is -0.137. The summed E-state index contributed by atoms with van der Waals surface area (Å²) in [7, 11) is 0. The quantitative estimate of drug-likeness (QED) is 0.762. The molecule has 0 unspecified atom stereocenters. The molecule has 0 aromatic heterocycles. The molecule has 0 aliphatic rings. The van der Waals surface area contributed by atoms with Crippen molar-refractivity contribution in [3.05, 3.63) is 71.3 Å². The molecule has 0 spiro atoms. The molecule has 0 fully saturated rings. The van der Waals surface area contributed by atoms with Gasteiger partial charge in [0.05, 0.1) is 11.1 Å². The van der Waals surface area contributed by atoms with Crippen LogP contribution in [-0.2, 0) is 16.5 Å². The zero-order valence-electron chi connectivity index (χ0n) is 12.1. The van der Waals surface area contributed by atoms with Crippen LogP contribution >= 0.6 is 0 Å². The Morgan fingerprint density at radius 1 is 0.909 bits per heavy atom. The van der Waals surface area contributed by atoms with Gasteiger partial charge in [-0.15, -0.1) is 0 Å². The van der Waals surface area contributed by atoms with Crippen molar-refractivity contribution in [3.8, 4) is 0 Å². The van der Waals surface area contributed by atoms with Crippen LogP contribution in [0.5, 0.6) is 0 Å². The molecule has 0 radical (unpaired) electrons. The topological polar surface area (TPSA) is 26.3 Å². The van der Waals surface area contributed by atoms with Crippen LogP contribution in [0.1, 0.15) is 35.3 Å². The lowest BCUT2D eigenvalue weighted by atomic mass is 9.96. The first-order valence-electron chi connectivity index (χ1n) is 6.66. The molecule has 0 aliphatic heterocycles. The summed E-state index contributed by atoms with van der Waals surface area (Å²) in [6.45, 7) is 3.12. The van der Waals surface area contributed by atoms with E-state index in [1.165, 1.54) is 12.1 Å². The Labute approximate surface area is 126 Å². The van der Waals surface area contributed by atoms with E-state index in [0.717, 1.165) is 12.1 Å². The molecule has 0 bridgehead atoms. The van der Waals surface area contributed by atoms with E-state index in [-0.39, 0.29) is 5.56 Å². The van der Waals surface area contributed by atoms with E-state index in [1.807, 2.05) is 0 Å². The third-order valence-electron chi connectivity index (χ3n) is 3.24. The van der Waals surface area contributed by atoms with E-state index in [1.54, 1.807) is 44.2 Å². The van der Waals surface area contributed by atoms with Crippen molar-refractivity contribution in [3.63, 3.8) is 0 Å². The molecule has 22 heavy (non-hydrogen) atoms. The minimum Gasteiger partial charge on any atom is -0.451 e. The van der Waals surface area contributed by atoms with Crippen LogP contribution in [0.15, 0.2) is 54.6 Å². The second-order valence-corrected chi connectivity index (χ2v) is 5.34. The highest BCUT2D eigenvalue weighted by Crippen LogP contribution is 2.33. The van der Waals surface area contributed by atoms with Crippen LogP contribution in [0.3, 0.4) is 0 Å². The van der Waals surface area contributed by atoms with E-state index in [2.05, 4.69) is 0 Å². The first kappa shape index (κ1) is 16.1. The average molecular weight is 308 g/mol. The van der Waals surface area contributed by atoms with Crippen molar-refractivity contribution in [2.24, 2.45) is 0 Å². The summed E-state index contributed by atoms with van der Waals surface area (Å²) in [4.78, 5) is 12.1. The fourth-order valence-electron chi connectivity index (χ4n) is 1.99. The van der Waals surface area contributed by atoms with Gasteiger partial charge in [0.1, 0.15) is 5.60 Å². The smallest absolute Gasteiger partial charge is 0.416 e. The van der Waals surface area contributed by atoms with Crippen LogP contribution < -0.4 is 0 Å². The van der Waals surface area contributed by atoms with Gasteiger partial charge in [0.25, 0.3) is 0 Å². The molecule has 5 heteroatoms. The normalized spacial score (nSPS) is 12.0. The fourth-order valence-corrected chi connectivity index (χ4v) is 1.99. The summed E-state index contributed by atoms with van der Waals surface area (Å²) >= 11 is 0. The second-order valence-electron chi connectivity index (χ2n) is 5.34. The summed E-state index contributed by atoms with van der Waals surface area (Å²) in [5.74, 6) is -0.581. The second kappa shape index (κ2) is 5.83. The van der Waals surface area contributed by atoms with Crippen molar-refractivity contribution >= 4 is 5.97 Å². The molecular weight excluding hydrogens is 293 g/mol. The molecule has 0 aliphatic carbocycles. The number of ether oxygens (including phenoxy) is 1. The minimum absolute atomic E-state index is 0.284. The zero-order chi connectivity index (χ0) is 16.4. The number of rotatable bonds is 3. The molecule has 0 N–H and O–H groups in total. The molecule has 0 amide bonds. The molecule has 0 saturated carbocycles. The van der Waals surface area contributed by atoms with Gasteiger partial charge in [-0.05, 0) is 43.7 Å². The van der Waals surface area contributed by atoms with E-state index < -0.39 is 23.3 Å². The van der Waals surface area contributed by atoms with Crippen LogP contribution in [0.2, 0.25) is 0 Å². The fraction of sp³-hybridized carbons (Fsp3) is 0.235. The molecule has 0 atom stereocenters. The van der Waals surface area contributed by atoms with Gasteiger partial charge >= 0.3 is 12.1 Å². The van der Waals surface area contributed by atoms with Crippen molar-refractivity contribution in [1.82, 2.24) is 0 Å². The minimum atomic E-state index is -4.43. The van der Waals surface area contributed by atoms with Gasteiger partial charge in [-0.1, -0.05) is 30.3 Å². The van der Waals surface area contributed by atoms with E-state index in [9.17, 15) is 18.0 Å². The summed E-state index contributed by atoms with van der Waals surface area (Å²) in [5, 5.41) is 0. The molecular formula is C17H15F3O2. The Hall–Kier alpha value is -2.30. The Kier molecular flexibility index (Phi) is 4.26. The van der Waals surface area contributed by atoms with Gasteiger partial charge in [-0.2, -0.15) is 13.2 Å². The van der Waals surface area contributed by atoms with Crippen molar-refractivity contribution in [2.75, 3.05) is 0 Å². The summed E-state index contributed by atoms with van der Waals surface area (Å²) in [5.41, 5.74) is -1.31. The first-order valence-corrected chi connectivity index (χ1v) is 6.66. The standard InChI is InChI=1S/C17H15F3O2/c1-16(2,22-15(21)12-7-4-3-5-8-12)13-9-6-10-14(11-13)17(18,19)20/h3-11H,1-2H3. The number of carbonyl (C=O) groups excluding carboxylic acids is 1. The SMILES string of the molecule is CC(C)(OC(=O)c1ccccc1)c1cccc(C(F)(F)F)c1. The highest BCUT2D eigenvalue weighted by molar-refractivity contribution is 5.89. The van der Waals surface area contributed by atoms with Gasteiger partial charge < -0.3 is 4.74 Å². The molecule has 2 nitrogen and oxygen atoms in total. The number of hydrogen-bond acceptors (Lipinski definition) is 2. The van der Waals surface area contributed by atoms with Crippen LogP contribution in [-0.4, -0.2) is 5.97 Å². The van der Waals surface area contributed by atoms with Crippen molar-refractivity contribution < 1.29 is 22.7 Å². The monoisotopic (exact) mass is 308 g/mol. The number of halogens is 3. The maximum Gasteiger partial charge on any atom is 0.416 e. The number of benzene rings is 2. The predicted molar refractivity (Wildman–Crippen MR) is 76.3 cm³/mol. The molecule has 116 valence electrons. The van der Waals surface area contributed by atoms with Crippen LogP contribution in [0, 0.1) is 0 Å². The molecule has 0 heterocycles. The van der Waals surface area contributed by atoms with E-state index >= 15 is 0 Å². The predicted octanol–water partition coefficient (Wildman–Crippen LogP) is 4.80. The largest absolute Gasteiger partial charge is 0.451 e. The van der Waals surface area contributed by atoms with Crippen molar-refractivity contribution in [2.45, 2.75) is 25.6 Å². The third-order valence-corrected chi connectivity index (χ3v) is 3.24. The third kappa shape index (κ3) is 3.67.